The summed E-state index contributed by atoms with van der Waals surface area (Å²) in [4.78, 5) is 78.9. The average molecular weight is 772 g/mol. The number of aliphatic hydroxyl groups excluding tert-OH is 1. The minimum Gasteiger partial charge on any atom is -0.391 e. The van der Waals surface area contributed by atoms with Gasteiger partial charge in [-0.1, -0.05) is 49.2 Å². The Kier molecular flexibility index (Phi) is 17.5. The maximum atomic E-state index is 13.3. The highest BCUT2D eigenvalue weighted by molar-refractivity contribution is 6.30. The van der Waals surface area contributed by atoms with Crippen molar-refractivity contribution in [2.75, 3.05) is 13.1 Å². The van der Waals surface area contributed by atoms with Gasteiger partial charge in [-0.3, -0.25) is 28.8 Å². The Morgan fingerprint density at radius 3 is 1.87 bits per heavy atom. The highest BCUT2D eigenvalue weighted by Crippen LogP contribution is 2.28. The van der Waals surface area contributed by atoms with E-state index in [4.69, 9.17) is 27.8 Å². The van der Waals surface area contributed by atoms with E-state index in [9.17, 15) is 33.9 Å². The van der Waals surface area contributed by atoms with E-state index in [0.29, 0.717) is 24.4 Å². The number of hydrogen-bond acceptors (Lipinski definition) is 10. The number of benzene rings is 2. The summed E-state index contributed by atoms with van der Waals surface area (Å²) in [6.45, 7) is 6.61. The van der Waals surface area contributed by atoms with Crippen LogP contribution in [0.1, 0.15) is 76.6 Å². The van der Waals surface area contributed by atoms with Gasteiger partial charge in [-0.25, -0.2) is 0 Å². The molecule has 1 aliphatic rings. The van der Waals surface area contributed by atoms with Gasteiger partial charge in [0, 0.05) is 10.6 Å². The normalized spacial score (nSPS) is 18.1. The summed E-state index contributed by atoms with van der Waals surface area (Å²) in [5.41, 5.74) is 13.4. The third kappa shape index (κ3) is 13.2. The summed E-state index contributed by atoms with van der Waals surface area (Å²) < 4.78 is 5.44. The number of Topliss-reactive ketones (excluding diaryl/α,β-unsaturated/α-hetero) is 1. The molecule has 3 rings (SSSR count). The van der Waals surface area contributed by atoms with Crippen molar-refractivity contribution in [3.63, 3.8) is 0 Å². The maximum Gasteiger partial charge on any atom is 0.251 e. The van der Waals surface area contributed by atoms with E-state index in [-0.39, 0.29) is 36.8 Å². The van der Waals surface area contributed by atoms with Crippen LogP contribution in [0.3, 0.4) is 0 Å². The molecule has 5 amide bonds. The van der Waals surface area contributed by atoms with Gasteiger partial charge in [0.2, 0.25) is 23.6 Å². The largest absolute Gasteiger partial charge is 0.391 e. The number of ketones is 1. The highest BCUT2D eigenvalue weighted by atomic mass is 35.5. The van der Waals surface area contributed by atoms with E-state index >= 15 is 0 Å². The Labute approximate surface area is 321 Å². The summed E-state index contributed by atoms with van der Waals surface area (Å²) >= 11 is 5.97. The van der Waals surface area contributed by atoms with Crippen LogP contribution < -0.4 is 38.1 Å². The van der Waals surface area contributed by atoms with Gasteiger partial charge < -0.3 is 47.9 Å². The maximum absolute atomic E-state index is 13.3. The lowest BCUT2D eigenvalue weighted by atomic mass is 10.0. The number of epoxide rings is 1. The second kappa shape index (κ2) is 21.5. The van der Waals surface area contributed by atoms with Crippen LogP contribution in [0.15, 0.2) is 48.5 Å². The monoisotopic (exact) mass is 771 g/mol. The van der Waals surface area contributed by atoms with Crippen molar-refractivity contribution in [1.82, 2.24) is 26.6 Å². The van der Waals surface area contributed by atoms with Crippen LogP contribution in [0.2, 0.25) is 5.02 Å². The van der Waals surface area contributed by atoms with Crippen LogP contribution in [0.25, 0.3) is 11.1 Å². The third-order valence-electron chi connectivity index (χ3n) is 9.02. The predicted octanol–water partition coefficient (Wildman–Crippen LogP) is 1.08. The topological polar surface area (TPSA) is 247 Å². The number of halogens is 1. The first-order valence-corrected chi connectivity index (χ1v) is 18.7. The summed E-state index contributed by atoms with van der Waals surface area (Å²) in [7, 11) is 0. The zero-order chi connectivity index (χ0) is 39.9. The first-order valence-electron chi connectivity index (χ1n) is 18.4. The van der Waals surface area contributed by atoms with Gasteiger partial charge in [-0.2, -0.15) is 0 Å². The standard InChI is InChI=1S/C38H54ClN7O8/c1-5-8-30-33(54-30)32(48)21(2)42-36(51)28(9-6-7-19-40)44-34(49)22(3)43-38(53)31(23(4)47)46-37(52)29(18-20-41)45-35(50)26-12-10-24(11-13-26)25-14-16-27(39)17-15-25/h10-17,21-23,28-31,33,47H,5-9,18-20,40-41H2,1-4H3,(H,42,51)(H,43,53)(H,44,49)(H,45,50)(H,46,52)/t21-,22-,23+,28-,29-,30+,31-,33?/m0/s1. The Morgan fingerprint density at radius 1 is 0.722 bits per heavy atom. The van der Waals surface area contributed by atoms with E-state index < -0.39 is 72.0 Å². The number of aliphatic hydroxyl groups is 1. The Balaban J connectivity index is 1.60. The fourth-order valence-electron chi connectivity index (χ4n) is 5.75. The molecule has 1 unspecified atom stereocenters. The number of hydrogen-bond donors (Lipinski definition) is 8. The van der Waals surface area contributed by atoms with Crippen LogP contribution in [-0.2, 0) is 28.7 Å². The molecule has 15 nitrogen and oxygen atoms in total. The van der Waals surface area contributed by atoms with Crippen LogP contribution in [0, 0.1) is 0 Å². The molecule has 0 radical (unpaired) electrons. The molecule has 296 valence electrons. The lowest BCUT2D eigenvalue weighted by molar-refractivity contribution is -0.135. The molecule has 1 saturated heterocycles. The molecular formula is C38H54ClN7O8. The van der Waals surface area contributed by atoms with Crippen molar-refractivity contribution in [2.24, 2.45) is 11.5 Å². The fourth-order valence-corrected chi connectivity index (χ4v) is 5.87. The number of nitrogens with one attached hydrogen (secondary N) is 5. The molecule has 1 fully saturated rings. The van der Waals surface area contributed by atoms with E-state index in [1.54, 1.807) is 43.3 Å². The number of nitrogens with two attached hydrogens (primary N) is 2. The van der Waals surface area contributed by atoms with Crippen molar-refractivity contribution in [2.45, 2.75) is 115 Å². The zero-order valence-corrected chi connectivity index (χ0v) is 32.0. The molecule has 0 saturated carbocycles. The molecule has 0 aromatic heterocycles. The second-order valence-electron chi connectivity index (χ2n) is 13.5. The summed E-state index contributed by atoms with van der Waals surface area (Å²) in [5, 5.41) is 23.9. The zero-order valence-electron chi connectivity index (χ0n) is 31.2. The minimum absolute atomic E-state index is 0.0251. The fraction of sp³-hybridized carbons (Fsp3) is 0.526. The van der Waals surface area contributed by atoms with Crippen molar-refractivity contribution in [1.29, 1.82) is 0 Å². The van der Waals surface area contributed by atoms with Crippen LogP contribution in [-0.4, -0.2) is 102 Å². The van der Waals surface area contributed by atoms with Gasteiger partial charge in [0.15, 0.2) is 5.78 Å². The molecule has 16 heteroatoms. The summed E-state index contributed by atoms with van der Waals surface area (Å²) in [6, 6.07) is 8.17. The first-order chi connectivity index (χ1) is 25.7. The van der Waals surface area contributed by atoms with Gasteiger partial charge in [-0.05, 0) is 101 Å². The van der Waals surface area contributed by atoms with E-state index in [2.05, 4.69) is 26.6 Å². The third-order valence-corrected chi connectivity index (χ3v) is 9.27. The quantitative estimate of drug-likeness (QED) is 0.0625. The van der Waals surface area contributed by atoms with Crippen molar-refractivity contribution in [3.8, 4) is 11.1 Å². The number of unbranched alkanes of at least 4 members (excludes halogenated alkanes) is 1. The average Bonchev–Trinajstić information content (AvgIpc) is 3.92. The number of rotatable bonds is 22. The van der Waals surface area contributed by atoms with E-state index in [0.717, 1.165) is 24.0 Å². The summed E-state index contributed by atoms with van der Waals surface area (Å²) in [6.07, 6.45) is 0.825. The molecular weight excluding hydrogens is 718 g/mol. The Bertz CT molecular complexity index is 1590. The van der Waals surface area contributed by atoms with Crippen LogP contribution >= 0.6 is 11.6 Å². The van der Waals surface area contributed by atoms with Crippen molar-refractivity contribution in [3.05, 3.63) is 59.1 Å². The lowest BCUT2D eigenvalue weighted by Gasteiger charge is -2.26. The van der Waals surface area contributed by atoms with Crippen LogP contribution in [0.5, 0.6) is 0 Å². The molecule has 10 N–H and O–H groups in total. The SMILES string of the molecule is CCC[C@H]1OC1C(=O)[C@H](C)NC(=O)[C@H](CCCCN)NC(=O)[C@H](C)NC(=O)[C@@H](NC(=O)[C@H](CCN)NC(=O)c1ccc(-c2ccc(Cl)cc2)cc1)[C@@H](C)O. The van der Waals surface area contributed by atoms with Gasteiger partial charge in [0.05, 0.1) is 18.2 Å². The van der Waals surface area contributed by atoms with Gasteiger partial charge >= 0.3 is 0 Å². The molecule has 0 spiro atoms. The molecule has 0 aliphatic carbocycles. The number of amides is 5. The molecule has 1 aliphatic heterocycles. The number of ether oxygens (including phenoxy) is 1. The van der Waals surface area contributed by atoms with Gasteiger partial charge in [-0.15, -0.1) is 0 Å². The van der Waals surface area contributed by atoms with Gasteiger partial charge in [0.25, 0.3) is 5.91 Å². The molecule has 54 heavy (non-hydrogen) atoms. The smallest absolute Gasteiger partial charge is 0.251 e. The van der Waals surface area contributed by atoms with Crippen LogP contribution in [0.4, 0.5) is 0 Å². The minimum atomic E-state index is -1.51. The highest BCUT2D eigenvalue weighted by Gasteiger charge is 2.46. The molecule has 2 aromatic carbocycles. The second-order valence-corrected chi connectivity index (χ2v) is 13.9. The van der Waals surface area contributed by atoms with E-state index in [1.165, 1.54) is 13.8 Å². The molecule has 0 bridgehead atoms. The molecule has 8 atom stereocenters. The van der Waals surface area contributed by atoms with Crippen molar-refractivity contribution < 1.29 is 38.6 Å². The molecule has 2 aromatic rings. The first kappa shape index (κ1) is 44.0. The number of carbonyl (C=O) groups is 6. The van der Waals surface area contributed by atoms with E-state index in [1.807, 2.05) is 19.1 Å². The molecule has 1 heterocycles. The Hall–Kier alpha value is -4.41. The lowest BCUT2D eigenvalue weighted by Crippen LogP contribution is -2.60. The predicted molar refractivity (Wildman–Crippen MR) is 204 cm³/mol. The summed E-state index contributed by atoms with van der Waals surface area (Å²) in [5.74, 6) is -3.76. The van der Waals surface area contributed by atoms with Gasteiger partial charge in [0.1, 0.15) is 30.3 Å². The Morgan fingerprint density at radius 2 is 1.30 bits per heavy atom. The number of carbonyl (C=O) groups excluding carboxylic acids is 6. The van der Waals surface area contributed by atoms with Crippen molar-refractivity contribution >= 4 is 46.9 Å².